The minimum Gasteiger partial charge on any atom is -0.464 e. The van der Waals surface area contributed by atoms with Gasteiger partial charge in [-0.3, -0.25) is 4.79 Å². The van der Waals surface area contributed by atoms with Crippen LogP contribution in [0.4, 0.5) is 0 Å². The lowest BCUT2D eigenvalue weighted by atomic mass is 9.97. The molecular weight excluding hydrogens is 350 g/mol. The molecule has 2 heterocycles. The van der Waals surface area contributed by atoms with Crippen LogP contribution in [-0.2, 0) is 21.1 Å². The molecule has 0 N–H and O–H groups in total. The average Bonchev–Trinajstić information content (AvgIpc) is 2.95. The Kier molecular flexibility index (Phi) is 5.15. The van der Waals surface area contributed by atoms with Crippen LogP contribution in [0.3, 0.4) is 0 Å². The summed E-state index contributed by atoms with van der Waals surface area (Å²) < 4.78 is 28.9. The first-order chi connectivity index (χ1) is 12.2. The molecule has 0 aliphatic carbocycles. The van der Waals surface area contributed by atoms with Crippen molar-refractivity contribution in [1.29, 1.82) is 0 Å². The van der Waals surface area contributed by atoms with Gasteiger partial charge in [0.15, 0.2) is 0 Å². The Bertz CT molecular complexity index is 942. The highest BCUT2D eigenvalue weighted by atomic mass is 32.2. The molecule has 0 unspecified atom stereocenters. The van der Waals surface area contributed by atoms with Gasteiger partial charge in [-0.1, -0.05) is 6.07 Å². The first kappa shape index (κ1) is 19.0. The monoisotopic (exact) mass is 377 g/mol. The second-order valence-electron chi connectivity index (χ2n) is 7.72. The summed E-state index contributed by atoms with van der Waals surface area (Å²) in [5.41, 5.74) is 5.18. The maximum Gasteiger partial charge on any atom is 0.227 e. The number of aryl methyl sites for hydroxylation is 3. The molecule has 1 amide bonds. The fourth-order valence-corrected chi connectivity index (χ4v) is 5.18. The third kappa shape index (κ3) is 3.95. The molecular formula is C20H27NO4S. The lowest BCUT2D eigenvalue weighted by Crippen LogP contribution is -2.42. The van der Waals surface area contributed by atoms with Gasteiger partial charge < -0.3 is 9.32 Å². The van der Waals surface area contributed by atoms with E-state index < -0.39 is 9.84 Å². The molecule has 1 aliphatic rings. The molecule has 1 aromatic carbocycles. The van der Waals surface area contributed by atoms with E-state index >= 15 is 0 Å². The zero-order valence-corrected chi connectivity index (χ0v) is 16.8. The standard InChI is InChI=1S/C20H27NO4S/c1-13-8-14(2)19-17(11-25-20(19)15(13)3)9-18(22)21-7-5-6-16(10-21)12-26(4,23)24/h8,11,16H,5-7,9-10,12H2,1-4H3/t16-/m1/s1. The normalized spacial score (nSPS) is 18.5. The minimum atomic E-state index is -3.02. The largest absolute Gasteiger partial charge is 0.464 e. The highest BCUT2D eigenvalue weighted by Gasteiger charge is 2.27. The maximum atomic E-state index is 12.8. The first-order valence-corrected chi connectivity index (χ1v) is 11.1. The van der Waals surface area contributed by atoms with Crippen LogP contribution in [0.5, 0.6) is 0 Å². The van der Waals surface area contributed by atoms with Crippen molar-refractivity contribution in [3.63, 3.8) is 0 Å². The summed E-state index contributed by atoms with van der Waals surface area (Å²) in [5.74, 6) is 0.238. The number of hydrogen-bond donors (Lipinski definition) is 0. The number of nitrogens with zero attached hydrogens (tertiary/aromatic N) is 1. The van der Waals surface area contributed by atoms with Crippen LogP contribution in [-0.4, -0.2) is 44.3 Å². The Balaban J connectivity index is 1.78. The molecule has 142 valence electrons. The van der Waals surface area contributed by atoms with E-state index in [-0.39, 0.29) is 17.6 Å². The van der Waals surface area contributed by atoms with Gasteiger partial charge in [-0.25, -0.2) is 8.42 Å². The van der Waals surface area contributed by atoms with Gasteiger partial charge in [0.2, 0.25) is 5.91 Å². The third-order valence-corrected chi connectivity index (χ3v) is 6.46. The Labute approximate surface area is 155 Å². The summed E-state index contributed by atoms with van der Waals surface area (Å²) in [5, 5.41) is 1.03. The van der Waals surface area contributed by atoms with Gasteiger partial charge in [0.1, 0.15) is 15.4 Å². The Morgan fingerprint density at radius 1 is 1.27 bits per heavy atom. The van der Waals surface area contributed by atoms with Gasteiger partial charge in [0.05, 0.1) is 18.4 Å². The molecule has 1 saturated heterocycles. The molecule has 2 aromatic rings. The van der Waals surface area contributed by atoms with Gasteiger partial charge in [-0.05, 0) is 56.2 Å². The zero-order chi connectivity index (χ0) is 19.1. The number of carbonyl (C=O) groups excluding carboxylic acids is 1. The van der Waals surface area contributed by atoms with Crippen molar-refractivity contribution >= 4 is 26.7 Å². The van der Waals surface area contributed by atoms with Crippen LogP contribution in [0, 0.1) is 26.7 Å². The van der Waals surface area contributed by atoms with Crippen molar-refractivity contribution < 1.29 is 17.6 Å². The maximum absolute atomic E-state index is 12.8. The molecule has 1 aromatic heterocycles. The van der Waals surface area contributed by atoms with E-state index in [1.807, 2.05) is 18.7 Å². The van der Waals surface area contributed by atoms with Crippen molar-refractivity contribution in [2.75, 3.05) is 25.1 Å². The number of furan rings is 1. The number of piperidine rings is 1. The number of fused-ring (bicyclic) bond motifs is 1. The molecule has 3 rings (SSSR count). The van der Waals surface area contributed by atoms with E-state index in [1.54, 1.807) is 6.26 Å². The molecule has 0 bridgehead atoms. The van der Waals surface area contributed by atoms with Gasteiger partial charge in [0.25, 0.3) is 0 Å². The first-order valence-electron chi connectivity index (χ1n) is 9.08. The van der Waals surface area contributed by atoms with Crippen molar-refractivity contribution in [1.82, 2.24) is 4.90 Å². The number of carbonyl (C=O) groups is 1. The predicted molar refractivity (Wildman–Crippen MR) is 103 cm³/mol. The van der Waals surface area contributed by atoms with Crippen LogP contribution in [0.2, 0.25) is 0 Å². The average molecular weight is 378 g/mol. The molecule has 1 atom stereocenters. The van der Waals surface area contributed by atoms with Crippen molar-refractivity contribution in [2.24, 2.45) is 5.92 Å². The highest BCUT2D eigenvalue weighted by Crippen LogP contribution is 2.30. The van der Waals surface area contributed by atoms with Gasteiger partial charge in [-0.2, -0.15) is 0 Å². The van der Waals surface area contributed by atoms with E-state index in [0.717, 1.165) is 40.5 Å². The molecule has 5 nitrogen and oxygen atoms in total. The summed E-state index contributed by atoms with van der Waals surface area (Å²) in [4.78, 5) is 14.6. The summed E-state index contributed by atoms with van der Waals surface area (Å²) in [7, 11) is -3.02. The number of rotatable bonds is 4. The van der Waals surface area contributed by atoms with Crippen molar-refractivity contribution in [2.45, 2.75) is 40.0 Å². The summed E-state index contributed by atoms with van der Waals surface area (Å²) >= 11 is 0. The molecule has 0 radical (unpaired) electrons. The quantitative estimate of drug-likeness (QED) is 0.821. The Hall–Kier alpha value is -1.82. The second-order valence-corrected chi connectivity index (χ2v) is 9.90. The predicted octanol–water partition coefficient (Wildman–Crippen LogP) is 3.18. The number of hydrogen-bond acceptors (Lipinski definition) is 4. The van der Waals surface area contributed by atoms with E-state index in [1.165, 1.54) is 11.8 Å². The van der Waals surface area contributed by atoms with Crippen LogP contribution in [0.1, 0.15) is 35.1 Å². The number of benzene rings is 1. The number of amides is 1. The lowest BCUT2D eigenvalue weighted by Gasteiger charge is -2.32. The van der Waals surface area contributed by atoms with E-state index in [2.05, 4.69) is 13.0 Å². The molecule has 0 spiro atoms. The topological polar surface area (TPSA) is 67.6 Å². The summed E-state index contributed by atoms with van der Waals surface area (Å²) in [6.45, 7) is 7.36. The van der Waals surface area contributed by atoms with E-state index in [4.69, 9.17) is 4.42 Å². The molecule has 6 heteroatoms. The van der Waals surface area contributed by atoms with Crippen molar-refractivity contribution in [3.05, 3.63) is 34.6 Å². The number of sulfone groups is 1. The Morgan fingerprint density at radius 3 is 2.69 bits per heavy atom. The fraction of sp³-hybridized carbons (Fsp3) is 0.550. The third-order valence-electron chi connectivity index (χ3n) is 5.38. The van der Waals surface area contributed by atoms with Gasteiger partial charge in [-0.15, -0.1) is 0 Å². The van der Waals surface area contributed by atoms with E-state index in [0.29, 0.717) is 19.5 Å². The summed E-state index contributed by atoms with van der Waals surface area (Å²) in [6.07, 6.45) is 4.97. The van der Waals surface area contributed by atoms with Crippen LogP contribution in [0.15, 0.2) is 16.7 Å². The SMILES string of the molecule is Cc1cc(C)c2c(CC(=O)N3CCC[C@@H](CS(C)(=O)=O)C3)coc2c1C. The smallest absolute Gasteiger partial charge is 0.227 e. The zero-order valence-electron chi connectivity index (χ0n) is 16.0. The number of likely N-dealkylation sites (tertiary alicyclic amines) is 1. The van der Waals surface area contributed by atoms with Crippen molar-refractivity contribution in [3.8, 4) is 0 Å². The van der Waals surface area contributed by atoms with Crippen LogP contribution in [0.25, 0.3) is 11.0 Å². The molecule has 1 fully saturated rings. The molecule has 0 saturated carbocycles. The second kappa shape index (κ2) is 7.06. The van der Waals surface area contributed by atoms with E-state index in [9.17, 15) is 13.2 Å². The fourth-order valence-electron chi connectivity index (χ4n) is 4.05. The van der Waals surface area contributed by atoms with Crippen LogP contribution < -0.4 is 0 Å². The molecule has 26 heavy (non-hydrogen) atoms. The van der Waals surface area contributed by atoms with Gasteiger partial charge in [0, 0.05) is 30.3 Å². The highest BCUT2D eigenvalue weighted by molar-refractivity contribution is 7.90. The summed E-state index contributed by atoms with van der Waals surface area (Å²) in [6, 6.07) is 2.13. The van der Waals surface area contributed by atoms with Gasteiger partial charge >= 0.3 is 0 Å². The lowest BCUT2D eigenvalue weighted by molar-refractivity contribution is -0.132. The Morgan fingerprint density at radius 2 is 2.00 bits per heavy atom. The molecule has 1 aliphatic heterocycles. The minimum absolute atomic E-state index is 0.0374. The van der Waals surface area contributed by atoms with Crippen LogP contribution >= 0.6 is 0 Å².